The Hall–Kier alpha value is -1.12. The minimum absolute atomic E-state index is 0.140. The van der Waals surface area contributed by atoms with E-state index >= 15 is 0 Å². The first kappa shape index (κ1) is 15.9. The van der Waals surface area contributed by atoms with Gasteiger partial charge in [0.05, 0.1) is 4.90 Å². The fraction of sp³-hybridized carbons (Fsp3) is 0.455. The highest BCUT2D eigenvalue weighted by Crippen LogP contribution is 2.20. The molecule has 0 saturated carbocycles. The predicted molar refractivity (Wildman–Crippen MR) is 63.1 cm³/mol. The molecule has 0 aliphatic carbocycles. The number of hydrogen-bond donors (Lipinski definition) is 2. The van der Waals surface area contributed by atoms with Crippen LogP contribution in [0.5, 0.6) is 0 Å². The minimum atomic E-state index is -4.85. The average Bonchev–Trinajstić information content (AvgIpc) is 2.35. The van der Waals surface area contributed by atoms with Crippen molar-refractivity contribution in [3.63, 3.8) is 0 Å². The highest BCUT2D eigenvalue weighted by atomic mass is 32.2. The highest BCUT2D eigenvalue weighted by Gasteiger charge is 2.38. The molecule has 108 valence electrons. The first-order valence-corrected chi connectivity index (χ1v) is 6.98. The summed E-state index contributed by atoms with van der Waals surface area (Å²) in [6.45, 7) is 0.781. The zero-order valence-electron chi connectivity index (χ0n) is 10.1. The van der Waals surface area contributed by atoms with E-state index in [9.17, 15) is 21.6 Å². The monoisotopic (exact) mass is 297 g/mol. The van der Waals surface area contributed by atoms with Gasteiger partial charge in [0.1, 0.15) is 0 Å². The van der Waals surface area contributed by atoms with Crippen LogP contribution in [0, 0.1) is 0 Å². The molecule has 0 amide bonds. The van der Waals surface area contributed by atoms with E-state index in [0.717, 1.165) is 12.0 Å². The lowest BCUT2D eigenvalue weighted by molar-refractivity contribution is -0.200. The van der Waals surface area contributed by atoms with Gasteiger partial charge in [-0.15, -0.1) is 0 Å². The van der Waals surface area contributed by atoms with Gasteiger partial charge in [-0.05, 0) is 24.1 Å². The first-order chi connectivity index (χ1) is 8.66. The fourth-order valence-electron chi connectivity index (χ4n) is 1.29. The first-order valence-electron chi connectivity index (χ1n) is 5.50. The molecule has 0 spiro atoms. The molecule has 19 heavy (non-hydrogen) atoms. The maximum atomic E-state index is 12.0. The normalized spacial score (nSPS) is 14.4. The quantitative estimate of drug-likeness (QED) is 0.864. The highest BCUT2D eigenvalue weighted by molar-refractivity contribution is 7.89. The lowest BCUT2D eigenvalue weighted by Crippen LogP contribution is -2.40. The molecule has 1 aromatic rings. The molecule has 4 nitrogen and oxygen atoms in total. The van der Waals surface area contributed by atoms with Crippen molar-refractivity contribution >= 4 is 10.0 Å². The van der Waals surface area contributed by atoms with E-state index in [0.29, 0.717) is 0 Å². The van der Waals surface area contributed by atoms with Crippen molar-refractivity contribution in [1.82, 2.24) is 4.72 Å². The van der Waals surface area contributed by atoms with Crippen molar-refractivity contribution in [2.75, 3.05) is 6.54 Å². The van der Waals surface area contributed by atoms with E-state index in [2.05, 4.69) is 0 Å². The van der Waals surface area contributed by atoms with Gasteiger partial charge in [0.2, 0.25) is 10.0 Å². The van der Waals surface area contributed by atoms with Crippen LogP contribution in [0.15, 0.2) is 29.2 Å². The van der Waals surface area contributed by atoms with E-state index < -0.39 is 28.8 Å². The average molecular weight is 297 g/mol. The maximum absolute atomic E-state index is 12.0. The smallest absolute Gasteiger partial charge is 0.382 e. The third-order valence-corrected chi connectivity index (χ3v) is 3.93. The summed E-state index contributed by atoms with van der Waals surface area (Å²) in [5.74, 6) is 0. The number of nitrogens with one attached hydrogen (secondary N) is 1. The maximum Gasteiger partial charge on any atom is 0.415 e. The Bertz CT molecular complexity index is 511. The Labute approximate surface area is 109 Å². The fourth-order valence-corrected chi connectivity index (χ4v) is 2.33. The summed E-state index contributed by atoms with van der Waals surface area (Å²) in [7, 11) is -4.05. The van der Waals surface area contributed by atoms with Crippen molar-refractivity contribution in [3.05, 3.63) is 29.8 Å². The number of aliphatic hydroxyl groups is 1. The number of hydrogen-bond acceptors (Lipinski definition) is 3. The number of rotatable bonds is 5. The van der Waals surface area contributed by atoms with Crippen molar-refractivity contribution in [1.29, 1.82) is 0 Å². The van der Waals surface area contributed by atoms with Crippen molar-refractivity contribution in [2.45, 2.75) is 30.5 Å². The van der Waals surface area contributed by atoms with E-state index in [1.54, 1.807) is 16.9 Å². The largest absolute Gasteiger partial charge is 0.415 e. The van der Waals surface area contributed by atoms with Crippen LogP contribution in [-0.4, -0.2) is 32.3 Å². The van der Waals surface area contributed by atoms with Crippen molar-refractivity contribution in [2.24, 2.45) is 0 Å². The van der Waals surface area contributed by atoms with Crippen LogP contribution >= 0.6 is 0 Å². The summed E-state index contributed by atoms with van der Waals surface area (Å²) in [5, 5.41) is 8.73. The Kier molecular flexibility index (Phi) is 4.94. The van der Waals surface area contributed by atoms with E-state index in [4.69, 9.17) is 5.11 Å². The van der Waals surface area contributed by atoms with E-state index in [1.807, 2.05) is 6.92 Å². The third kappa shape index (κ3) is 4.48. The summed E-state index contributed by atoms with van der Waals surface area (Å²) in [6.07, 6.45) is -6.85. The van der Waals surface area contributed by atoms with Gasteiger partial charge in [0, 0.05) is 6.54 Å². The van der Waals surface area contributed by atoms with Gasteiger partial charge in [-0.3, -0.25) is 0 Å². The molecule has 0 bridgehead atoms. The van der Waals surface area contributed by atoms with Gasteiger partial charge in [0.25, 0.3) is 0 Å². The molecule has 1 atom stereocenters. The molecule has 0 radical (unpaired) electrons. The molecule has 0 aliphatic heterocycles. The minimum Gasteiger partial charge on any atom is -0.382 e. The summed E-state index contributed by atoms with van der Waals surface area (Å²) >= 11 is 0. The molecule has 8 heteroatoms. The number of aliphatic hydroxyl groups excluding tert-OH is 1. The van der Waals surface area contributed by atoms with Crippen LogP contribution < -0.4 is 4.72 Å². The number of benzene rings is 1. The van der Waals surface area contributed by atoms with Gasteiger partial charge < -0.3 is 5.11 Å². The molecule has 0 aromatic heterocycles. The number of aryl methyl sites for hydroxylation is 1. The molecule has 1 rings (SSSR count). The summed E-state index contributed by atoms with van der Waals surface area (Å²) < 4.78 is 61.2. The SMILES string of the molecule is CCc1ccc(S(=O)(=O)NCC(O)C(F)(F)F)cc1. The van der Waals surface area contributed by atoms with Gasteiger partial charge >= 0.3 is 6.18 Å². The summed E-state index contributed by atoms with van der Waals surface area (Å²) in [5.41, 5.74) is 0.911. The molecular formula is C11H14F3NO3S. The molecule has 2 N–H and O–H groups in total. The van der Waals surface area contributed by atoms with Gasteiger partial charge in [0.15, 0.2) is 6.10 Å². The third-order valence-electron chi connectivity index (χ3n) is 2.49. The Morgan fingerprint density at radius 1 is 1.26 bits per heavy atom. The van der Waals surface area contributed by atoms with Crippen LogP contribution in [-0.2, 0) is 16.4 Å². The molecule has 0 saturated heterocycles. The van der Waals surface area contributed by atoms with Crippen molar-refractivity contribution < 1.29 is 26.7 Å². The molecule has 1 unspecified atom stereocenters. The topological polar surface area (TPSA) is 66.4 Å². The van der Waals surface area contributed by atoms with Crippen LogP contribution in [0.4, 0.5) is 13.2 Å². The van der Waals surface area contributed by atoms with Crippen LogP contribution in [0.3, 0.4) is 0 Å². The molecular weight excluding hydrogens is 283 g/mol. The number of sulfonamides is 1. The standard InChI is InChI=1S/C11H14F3NO3S/c1-2-8-3-5-9(6-4-8)19(17,18)15-7-10(16)11(12,13)14/h3-6,10,15-16H,2,7H2,1H3. The second kappa shape index (κ2) is 5.89. The number of alkyl halides is 3. The lowest BCUT2D eigenvalue weighted by Gasteiger charge is -2.15. The molecule has 0 heterocycles. The van der Waals surface area contributed by atoms with Gasteiger partial charge in [-0.1, -0.05) is 19.1 Å². The second-order valence-electron chi connectivity index (χ2n) is 3.91. The van der Waals surface area contributed by atoms with Crippen LogP contribution in [0.2, 0.25) is 0 Å². The Morgan fingerprint density at radius 2 is 1.79 bits per heavy atom. The number of halogens is 3. The van der Waals surface area contributed by atoms with Gasteiger partial charge in [-0.25, -0.2) is 13.1 Å². The summed E-state index contributed by atoms with van der Waals surface area (Å²) in [6, 6.07) is 5.77. The zero-order valence-corrected chi connectivity index (χ0v) is 10.9. The van der Waals surface area contributed by atoms with Crippen molar-refractivity contribution in [3.8, 4) is 0 Å². The van der Waals surface area contributed by atoms with E-state index in [1.165, 1.54) is 12.1 Å². The van der Waals surface area contributed by atoms with Crippen LogP contribution in [0.25, 0.3) is 0 Å². The molecule has 0 fully saturated rings. The summed E-state index contributed by atoms with van der Waals surface area (Å²) in [4.78, 5) is -0.140. The zero-order chi connectivity index (χ0) is 14.7. The van der Waals surface area contributed by atoms with Gasteiger partial charge in [-0.2, -0.15) is 13.2 Å². The molecule has 1 aromatic carbocycles. The Balaban J connectivity index is 2.76. The second-order valence-corrected chi connectivity index (χ2v) is 5.67. The Morgan fingerprint density at radius 3 is 2.21 bits per heavy atom. The predicted octanol–water partition coefficient (Wildman–Crippen LogP) is 1.45. The lowest BCUT2D eigenvalue weighted by atomic mass is 10.2. The van der Waals surface area contributed by atoms with Crippen LogP contribution in [0.1, 0.15) is 12.5 Å². The van der Waals surface area contributed by atoms with E-state index in [-0.39, 0.29) is 4.90 Å². The molecule has 0 aliphatic rings.